The minimum absolute atomic E-state index is 0.0501. The average molecular weight is 528 g/mol. The predicted octanol–water partition coefficient (Wildman–Crippen LogP) is 5.63. The minimum Gasteiger partial charge on any atom is -0.373 e. The van der Waals surface area contributed by atoms with Crippen molar-refractivity contribution in [3.05, 3.63) is 75.5 Å². The molecule has 7 nitrogen and oxygen atoms in total. The Bertz CT molecular complexity index is 1610. The van der Waals surface area contributed by atoms with E-state index in [1.165, 1.54) is 4.57 Å². The Morgan fingerprint density at radius 1 is 1.11 bits per heavy atom. The number of alkyl halides is 3. The predicted molar refractivity (Wildman–Crippen MR) is 131 cm³/mol. The van der Waals surface area contributed by atoms with Crippen LogP contribution < -0.4 is 5.56 Å². The molecule has 4 aromatic rings. The number of hydrogen-bond acceptors (Lipinski definition) is 5. The number of benzene rings is 1. The molecule has 0 bridgehead atoms. The second-order valence-corrected chi connectivity index (χ2v) is 10.1. The van der Waals surface area contributed by atoms with Gasteiger partial charge in [-0.25, -0.2) is 9.37 Å². The van der Waals surface area contributed by atoms with E-state index in [1.807, 2.05) is 17.1 Å². The van der Waals surface area contributed by atoms with Crippen LogP contribution in [0.5, 0.6) is 0 Å². The number of hydrogen-bond donors (Lipinski definition) is 0. The highest BCUT2D eigenvalue weighted by atomic mass is 19.4. The van der Waals surface area contributed by atoms with Gasteiger partial charge in [0.05, 0.1) is 35.0 Å². The van der Waals surface area contributed by atoms with E-state index in [1.54, 1.807) is 20.0 Å². The van der Waals surface area contributed by atoms with Gasteiger partial charge in [0.1, 0.15) is 17.2 Å². The van der Waals surface area contributed by atoms with Crippen LogP contribution in [0.25, 0.3) is 22.2 Å². The van der Waals surface area contributed by atoms with Gasteiger partial charge in [0.2, 0.25) is 0 Å². The van der Waals surface area contributed by atoms with E-state index in [-0.39, 0.29) is 39.7 Å². The van der Waals surface area contributed by atoms with Crippen molar-refractivity contribution >= 4 is 10.9 Å². The van der Waals surface area contributed by atoms with Crippen LogP contribution in [-0.4, -0.2) is 30.9 Å². The zero-order valence-electron chi connectivity index (χ0n) is 20.8. The minimum atomic E-state index is -4.69. The number of pyridine rings is 1. The van der Waals surface area contributed by atoms with Gasteiger partial charge in [0.15, 0.2) is 0 Å². The van der Waals surface area contributed by atoms with Crippen LogP contribution in [0.1, 0.15) is 66.4 Å². The van der Waals surface area contributed by atoms with Gasteiger partial charge in [0, 0.05) is 42.6 Å². The molecule has 2 fully saturated rings. The highest BCUT2D eigenvalue weighted by molar-refractivity contribution is 5.91. The fourth-order valence-corrected chi connectivity index (χ4v) is 5.03. The normalized spacial score (nSPS) is 20.3. The summed E-state index contributed by atoms with van der Waals surface area (Å²) >= 11 is 0. The molecule has 0 N–H and O–H groups in total. The Morgan fingerprint density at radius 3 is 2.61 bits per heavy atom. The van der Waals surface area contributed by atoms with Crippen molar-refractivity contribution in [2.75, 3.05) is 6.61 Å². The number of aromatic nitrogens is 5. The van der Waals surface area contributed by atoms with Crippen LogP contribution >= 0.6 is 0 Å². The van der Waals surface area contributed by atoms with E-state index in [2.05, 4.69) is 10.1 Å². The summed E-state index contributed by atoms with van der Waals surface area (Å²) in [5.74, 6) is -0.822. The second kappa shape index (κ2) is 9.00. The summed E-state index contributed by atoms with van der Waals surface area (Å²) < 4.78 is 64.0. The quantitative estimate of drug-likeness (QED) is 0.322. The monoisotopic (exact) mass is 527 g/mol. The molecule has 38 heavy (non-hydrogen) atoms. The van der Waals surface area contributed by atoms with E-state index in [0.717, 1.165) is 30.5 Å². The van der Waals surface area contributed by atoms with E-state index >= 15 is 4.39 Å². The van der Waals surface area contributed by atoms with E-state index in [0.29, 0.717) is 43.1 Å². The van der Waals surface area contributed by atoms with Crippen LogP contribution in [0.15, 0.2) is 41.5 Å². The summed E-state index contributed by atoms with van der Waals surface area (Å²) in [5, 5.41) is 4.69. The maximum atomic E-state index is 15.1. The maximum absolute atomic E-state index is 15.1. The van der Waals surface area contributed by atoms with Crippen molar-refractivity contribution in [1.82, 2.24) is 24.3 Å². The summed E-state index contributed by atoms with van der Waals surface area (Å²) in [6.45, 7) is 2.09. The van der Waals surface area contributed by atoms with E-state index < -0.39 is 17.6 Å². The lowest BCUT2D eigenvalue weighted by atomic mass is 9.89. The number of rotatable bonds is 4. The number of halogens is 4. The van der Waals surface area contributed by atoms with Crippen molar-refractivity contribution in [1.29, 1.82) is 0 Å². The van der Waals surface area contributed by atoms with Gasteiger partial charge >= 0.3 is 6.18 Å². The first-order chi connectivity index (χ1) is 18.1. The van der Waals surface area contributed by atoms with Crippen molar-refractivity contribution in [2.24, 2.45) is 7.05 Å². The number of aryl methyl sites for hydroxylation is 1. The van der Waals surface area contributed by atoms with Gasteiger partial charge in [0.25, 0.3) is 5.56 Å². The smallest absolute Gasteiger partial charge is 0.373 e. The molecule has 4 heterocycles. The highest BCUT2D eigenvalue weighted by Gasteiger charge is 2.33. The molecule has 0 radical (unpaired) electrons. The van der Waals surface area contributed by atoms with Gasteiger partial charge in [-0.1, -0.05) is 0 Å². The Labute approximate surface area is 215 Å². The molecule has 6 rings (SSSR count). The van der Waals surface area contributed by atoms with Crippen molar-refractivity contribution in [3.8, 4) is 11.3 Å². The van der Waals surface area contributed by atoms with Gasteiger partial charge in [-0.3, -0.25) is 19.0 Å². The van der Waals surface area contributed by atoms with Gasteiger partial charge < -0.3 is 4.74 Å². The molecule has 0 spiro atoms. The maximum Gasteiger partial charge on any atom is 0.416 e. The Hall–Kier alpha value is -3.60. The van der Waals surface area contributed by atoms with Crippen LogP contribution in [0.4, 0.5) is 17.6 Å². The molecule has 1 aliphatic carbocycles. The topological polar surface area (TPSA) is 74.8 Å². The average Bonchev–Trinajstić information content (AvgIpc) is 3.63. The summed E-state index contributed by atoms with van der Waals surface area (Å²) in [5.41, 5.74) is 0.148. The highest BCUT2D eigenvalue weighted by Crippen LogP contribution is 2.41. The third-order valence-electron chi connectivity index (χ3n) is 7.47. The molecule has 1 saturated carbocycles. The zero-order valence-corrected chi connectivity index (χ0v) is 20.8. The lowest BCUT2D eigenvalue weighted by Gasteiger charge is -2.29. The molecule has 1 aliphatic heterocycles. The zero-order chi connectivity index (χ0) is 26.8. The van der Waals surface area contributed by atoms with E-state index in [4.69, 9.17) is 9.72 Å². The Balaban J connectivity index is 1.45. The van der Waals surface area contributed by atoms with Gasteiger partial charge in [-0.05, 0) is 56.9 Å². The van der Waals surface area contributed by atoms with Crippen molar-refractivity contribution in [3.63, 3.8) is 0 Å². The molecule has 0 amide bonds. The number of ether oxygens (including phenoxy) is 1. The Kier molecular flexibility index (Phi) is 5.86. The Morgan fingerprint density at radius 2 is 1.89 bits per heavy atom. The third kappa shape index (κ3) is 4.38. The van der Waals surface area contributed by atoms with Crippen molar-refractivity contribution < 1.29 is 22.3 Å². The van der Waals surface area contributed by atoms with Crippen molar-refractivity contribution in [2.45, 2.75) is 56.8 Å². The molecular weight excluding hydrogens is 502 g/mol. The summed E-state index contributed by atoms with van der Waals surface area (Å²) in [7, 11) is 1.59. The van der Waals surface area contributed by atoms with Crippen LogP contribution in [-0.2, 0) is 18.0 Å². The summed E-state index contributed by atoms with van der Waals surface area (Å²) in [6.07, 6.45) is 2.33. The fraction of sp³-hybridized carbons (Fsp3) is 0.407. The fourth-order valence-electron chi connectivity index (χ4n) is 5.03. The van der Waals surface area contributed by atoms with Crippen LogP contribution in [0.3, 0.4) is 0 Å². The molecular formula is C27H25F4N5O2. The second-order valence-electron chi connectivity index (χ2n) is 10.1. The summed E-state index contributed by atoms with van der Waals surface area (Å²) in [4.78, 5) is 22.4. The van der Waals surface area contributed by atoms with Gasteiger partial charge in [-0.15, -0.1) is 0 Å². The van der Waals surface area contributed by atoms with Crippen LogP contribution in [0.2, 0.25) is 0 Å². The standard InChI is InChI=1S/C27H25F4N5O2/c1-14-33-25-20(26(37)35(14)2)11-22(34-24(25)19-6-3-17(10-21(19)28)27(29,30)31)15-7-8-38-23(9-15)16-12-32-36(13-16)18-4-5-18/h3,6,10-13,15,18,23H,4-5,7-9H2,1-2H3/t15-,23+/m1/s1. The lowest BCUT2D eigenvalue weighted by Crippen LogP contribution is -2.23. The van der Waals surface area contributed by atoms with E-state index in [9.17, 15) is 18.0 Å². The van der Waals surface area contributed by atoms with Gasteiger partial charge in [-0.2, -0.15) is 18.3 Å². The number of nitrogens with zero attached hydrogens (tertiary/aromatic N) is 5. The summed E-state index contributed by atoms with van der Waals surface area (Å²) in [6, 6.07) is 4.44. The largest absolute Gasteiger partial charge is 0.416 e. The first kappa shape index (κ1) is 24.7. The molecule has 198 valence electrons. The lowest BCUT2D eigenvalue weighted by molar-refractivity contribution is -0.137. The molecule has 1 aromatic carbocycles. The first-order valence-electron chi connectivity index (χ1n) is 12.5. The van der Waals surface area contributed by atoms with Crippen LogP contribution in [0, 0.1) is 12.7 Å². The molecule has 1 saturated heterocycles. The molecule has 11 heteroatoms. The molecule has 0 unspecified atom stereocenters. The molecule has 2 atom stereocenters. The number of fused-ring (bicyclic) bond motifs is 1. The molecule has 3 aromatic heterocycles. The first-order valence-corrected chi connectivity index (χ1v) is 12.5. The molecule has 2 aliphatic rings. The third-order valence-corrected chi connectivity index (χ3v) is 7.47. The SMILES string of the molecule is Cc1nc2c(-c3ccc(C(F)(F)F)cc3F)nc([C@@H]3CCO[C@H](c4cnn(C5CC5)c4)C3)cc2c(=O)n1C.